The minimum atomic E-state index is -0.0452. The van der Waals surface area contributed by atoms with Crippen LogP contribution in [0, 0.1) is 0 Å². The molecule has 0 unspecified atom stereocenters. The molecule has 6 heteroatoms. The zero-order valence-corrected chi connectivity index (χ0v) is 15.3. The number of hydrogen-bond donors (Lipinski definition) is 1. The molecule has 24 heavy (non-hydrogen) atoms. The quantitative estimate of drug-likeness (QED) is 0.870. The van der Waals surface area contributed by atoms with Crippen LogP contribution in [-0.4, -0.2) is 29.9 Å². The third-order valence-corrected chi connectivity index (χ3v) is 4.90. The van der Waals surface area contributed by atoms with E-state index in [-0.39, 0.29) is 36.7 Å². The van der Waals surface area contributed by atoms with E-state index in [1.807, 2.05) is 23.1 Å². The largest absolute Gasteiger partial charge is 0.340 e. The van der Waals surface area contributed by atoms with Gasteiger partial charge in [0.25, 0.3) is 0 Å². The summed E-state index contributed by atoms with van der Waals surface area (Å²) in [7, 11) is 0. The number of amides is 1. The molecular formula is C18H19Cl3N2O. The molecule has 128 valence electrons. The van der Waals surface area contributed by atoms with Crippen LogP contribution in [-0.2, 0) is 11.2 Å². The molecule has 1 aliphatic heterocycles. The fraction of sp³-hybridized carbons (Fsp3) is 0.278. The summed E-state index contributed by atoms with van der Waals surface area (Å²) in [6.45, 7) is 1.21. The van der Waals surface area contributed by atoms with Crippen molar-refractivity contribution in [2.24, 2.45) is 5.73 Å². The van der Waals surface area contributed by atoms with Gasteiger partial charge in [0.1, 0.15) is 0 Å². The molecule has 0 aliphatic carbocycles. The van der Waals surface area contributed by atoms with Crippen molar-refractivity contribution in [3.63, 3.8) is 0 Å². The van der Waals surface area contributed by atoms with Crippen molar-refractivity contribution in [1.29, 1.82) is 0 Å². The first-order chi connectivity index (χ1) is 11.0. The number of carbonyl (C=O) groups excluding carboxylic acids is 1. The van der Waals surface area contributed by atoms with Gasteiger partial charge in [-0.05, 0) is 29.3 Å². The molecule has 3 nitrogen and oxygen atoms in total. The molecule has 0 bridgehead atoms. The van der Waals surface area contributed by atoms with Crippen LogP contribution in [0.25, 0.3) is 0 Å². The van der Waals surface area contributed by atoms with E-state index in [9.17, 15) is 4.79 Å². The van der Waals surface area contributed by atoms with Crippen LogP contribution in [0.4, 0.5) is 0 Å². The number of hydrogen-bond acceptors (Lipinski definition) is 2. The van der Waals surface area contributed by atoms with Gasteiger partial charge in [0.15, 0.2) is 0 Å². The lowest BCUT2D eigenvalue weighted by Crippen LogP contribution is -2.33. The Morgan fingerprint density at radius 3 is 2.54 bits per heavy atom. The van der Waals surface area contributed by atoms with Crippen LogP contribution in [0.2, 0.25) is 10.0 Å². The van der Waals surface area contributed by atoms with E-state index in [4.69, 9.17) is 28.9 Å². The average Bonchev–Trinajstić information content (AvgIpc) is 2.94. The predicted octanol–water partition coefficient (Wildman–Crippen LogP) is 3.91. The summed E-state index contributed by atoms with van der Waals surface area (Å²) in [5, 5.41) is 1.14. The van der Waals surface area contributed by atoms with Crippen molar-refractivity contribution >= 4 is 41.5 Å². The van der Waals surface area contributed by atoms with E-state index in [1.54, 1.807) is 18.2 Å². The number of likely N-dealkylation sites (tertiary alicyclic amines) is 1. The molecule has 0 aromatic heterocycles. The molecule has 2 aromatic carbocycles. The number of nitrogens with two attached hydrogens (primary N) is 1. The third-order valence-electron chi connectivity index (χ3n) is 4.29. The van der Waals surface area contributed by atoms with Crippen LogP contribution < -0.4 is 5.73 Å². The van der Waals surface area contributed by atoms with Crippen molar-refractivity contribution in [1.82, 2.24) is 4.90 Å². The molecule has 0 radical (unpaired) electrons. The summed E-state index contributed by atoms with van der Waals surface area (Å²) < 4.78 is 0. The highest BCUT2D eigenvalue weighted by Crippen LogP contribution is 2.28. The normalized spacial score (nSPS) is 19.9. The second kappa shape index (κ2) is 8.21. The monoisotopic (exact) mass is 384 g/mol. The maximum Gasteiger partial charge on any atom is 0.227 e. The van der Waals surface area contributed by atoms with Gasteiger partial charge in [-0.1, -0.05) is 53.5 Å². The molecule has 1 heterocycles. The minimum absolute atomic E-state index is 0. The van der Waals surface area contributed by atoms with E-state index >= 15 is 0 Å². The zero-order chi connectivity index (χ0) is 16.4. The molecule has 1 fully saturated rings. The first kappa shape index (κ1) is 19.1. The molecule has 3 rings (SSSR count). The van der Waals surface area contributed by atoms with Gasteiger partial charge >= 0.3 is 0 Å². The van der Waals surface area contributed by atoms with Gasteiger partial charge < -0.3 is 10.6 Å². The lowest BCUT2D eigenvalue weighted by atomic mass is 9.95. The smallest absolute Gasteiger partial charge is 0.227 e. The van der Waals surface area contributed by atoms with Gasteiger partial charge in [-0.3, -0.25) is 4.79 Å². The maximum atomic E-state index is 12.6. The zero-order valence-electron chi connectivity index (χ0n) is 13.0. The van der Waals surface area contributed by atoms with E-state index in [0.29, 0.717) is 23.1 Å². The van der Waals surface area contributed by atoms with Crippen molar-refractivity contribution in [2.45, 2.75) is 18.4 Å². The van der Waals surface area contributed by atoms with Crippen LogP contribution in [0.3, 0.4) is 0 Å². The number of halogens is 3. The highest BCUT2D eigenvalue weighted by Gasteiger charge is 2.33. The lowest BCUT2D eigenvalue weighted by molar-refractivity contribution is -0.129. The second-order valence-corrected chi connectivity index (χ2v) is 6.74. The van der Waals surface area contributed by atoms with Crippen LogP contribution in [0.1, 0.15) is 17.0 Å². The van der Waals surface area contributed by atoms with Crippen LogP contribution in [0.15, 0.2) is 48.5 Å². The Hall–Kier alpha value is -1.26. The number of benzene rings is 2. The molecule has 1 saturated heterocycles. The summed E-state index contributed by atoms with van der Waals surface area (Å²) in [5.74, 6) is 0.207. The topological polar surface area (TPSA) is 46.3 Å². The maximum absolute atomic E-state index is 12.6. The van der Waals surface area contributed by atoms with Crippen molar-refractivity contribution in [3.05, 3.63) is 69.7 Å². The van der Waals surface area contributed by atoms with E-state index in [0.717, 1.165) is 5.56 Å². The van der Waals surface area contributed by atoms with Crippen LogP contribution >= 0.6 is 35.6 Å². The molecule has 2 aromatic rings. The summed E-state index contributed by atoms with van der Waals surface area (Å²) in [4.78, 5) is 14.4. The third kappa shape index (κ3) is 4.22. The van der Waals surface area contributed by atoms with Crippen molar-refractivity contribution in [2.75, 3.05) is 13.1 Å². The molecule has 0 saturated carbocycles. The number of nitrogens with zero attached hydrogens (tertiary/aromatic N) is 1. The fourth-order valence-electron chi connectivity index (χ4n) is 3.04. The van der Waals surface area contributed by atoms with Crippen LogP contribution in [0.5, 0.6) is 0 Å². The Kier molecular flexibility index (Phi) is 6.53. The first-order valence-electron chi connectivity index (χ1n) is 7.57. The molecular weight excluding hydrogens is 367 g/mol. The molecule has 1 aliphatic rings. The Balaban J connectivity index is 0.00000208. The minimum Gasteiger partial charge on any atom is -0.340 e. The molecule has 2 atom stereocenters. The Morgan fingerprint density at radius 2 is 1.83 bits per heavy atom. The SMILES string of the molecule is Cl.N[C@@H]1CN(C(=O)Cc2cc(Cl)ccc2Cl)C[C@H]1c1ccccc1. The molecule has 1 amide bonds. The van der Waals surface area contributed by atoms with E-state index < -0.39 is 0 Å². The van der Waals surface area contributed by atoms with Gasteiger partial charge in [-0.2, -0.15) is 0 Å². The predicted molar refractivity (Wildman–Crippen MR) is 101 cm³/mol. The highest BCUT2D eigenvalue weighted by atomic mass is 35.5. The standard InChI is InChI=1S/C18H18Cl2N2O.ClH/c19-14-6-7-16(20)13(8-14)9-18(23)22-10-15(17(21)11-22)12-4-2-1-3-5-12;/h1-8,15,17H,9-11,21H2;1H/t15-,17+;/m0./s1. The van der Waals surface area contributed by atoms with Gasteiger partial charge in [0.05, 0.1) is 6.42 Å². The van der Waals surface area contributed by atoms with Crippen molar-refractivity contribution in [3.8, 4) is 0 Å². The van der Waals surface area contributed by atoms with Gasteiger partial charge in [0.2, 0.25) is 5.91 Å². The Morgan fingerprint density at radius 1 is 1.12 bits per heavy atom. The molecule has 0 spiro atoms. The lowest BCUT2D eigenvalue weighted by Gasteiger charge is -2.17. The highest BCUT2D eigenvalue weighted by molar-refractivity contribution is 6.33. The van der Waals surface area contributed by atoms with Gasteiger partial charge in [0, 0.05) is 35.1 Å². The Labute approximate surface area is 158 Å². The fourth-order valence-corrected chi connectivity index (χ4v) is 3.42. The number of rotatable bonds is 3. The van der Waals surface area contributed by atoms with Gasteiger partial charge in [-0.25, -0.2) is 0 Å². The summed E-state index contributed by atoms with van der Waals surface area (Å²) >= 11 is 12.1. The van der Waals surface area contributed by atoms with Gasteiger partial charge in [-0.15, -0.1) is 12.4 Å². The summed E-state index contributed by atoms with van der Waals surface area (Å²) in [5.41, 5.74) is 8.17. The van der Waals surface area contributed by atoms with E-state index in [2.05, 4.69) is 12.1 Å². The Bertz CT molecular complexity index is 709. The first-order valence-corrected chi connectivity index (χ1v) is 8.32. The number of carbonyl (C=O) groups is 1. The molecule has 2 N–H and O–H groups in total. The average molecular weight is 386 g/mol. The second-order valence-electron chi connectivity index (χ2n) is 5.89. The van der Waals surface area contributed by atoms with Crippen molar-refractivity contribution < 1.29 is 4.79 Å². The summed E-state index contributed by atoms with van der Waals surface area (Å²) in [6, 6.07) is 15.2. The van der Waals surface area contributed by atoms with E-state index in [1.165, 1.54) is 5.56 Å². The summed E-state index contributed by atoms with van der Waals surface area (Å²) in [6.07, 6.45) is 0.244.